The lowest BCUT2D eigenvalue weighted by molar-refractivity contribution is 0.0792. The van der Waals surface area contributed by atoms with Gasteiger partial charge in [0.25, 0.3) is 5.91 Å². The Balaban J connectivity index is 1.33. The highest BCUT2D eigenvalue weighted by Gasteiger charge is 2.17. The summed E-state index contributed by atoms with van der Waals surface area (Å²) in [7, 11) is 0. The van der Waals surface area contributed by atoms with Crippen LogP contribution >= 0.6 is 0 Å². The van der Waals surface area contributed by atoms with Gasteiger partial charge >= 0.3 is 0 Å². The van der Waals surface area contributed by atoms with Gasteiger partial charge in [0, 0.05) is 32.4 Å². The Hall–Kier alpha value is -3.22. The predicted molar refractivity (Wildman–Crippen MR) is 119 cm³/mol. The molecular weight excluding hydrogens is 390 g/mol. The zero-order valence-corrected chi connectivity index (χ0v) is 17.4. The number of hydrogen-bond acceptors (Lipinski definition) is 5. The zero-order chi connectivity index (χ0) is 21.5. The van der Waals surface area contributed by atoms with E-state index in [9.17, 15) is 9.90 Å². The number of amides is 1. The molecule has 0 radical (unpaired) electrons. The van der Waals surface area contributed by atoms with Gasteiger partial charge in [-0.25, -0.2) is 4.98 Å². The summed E-state index contributed by atoms with van der Waals surface area (Å²) < 4.78 is 5.78. The van der Waals surface area contributed by atoms with Crippen molar-refractivity contribution in [2.45, 2.75) is 32.0 Å². The van der Waals surface area contributed by atoms with Gasteiger partial charge in [0.1, 0.15) is 11.3 Å². The van der Waals surface area contributed by atoms with Crippen molar-refractivity contribution in [2.75, 3.05) is 13.1 Å². The molecule has 4 rings (SSSR count). The lowest BCUT2D eigenvalue weighted by Crippen LogP contribution is -2.35. The van der Waals surface area contributed by atoms with Crippen LogP contribution in [0.5, 0.6) is 11.6 Å². The summed E-state index contributed by atoms with van der Waals surface area (Å²) in [5.74, 6) is 0.692. The van der Waals surface area contributed by atoms with Crippen LogP contribution in [0.2, 0.25) is 0 Å². The summed E-state index contributed by atoms with van der Waals surface area (Å²) in [6, 6.07) is 21.0. The quantitative estimate of drug-likeness (QED) is 0.612. The summed E-state index contributed by atoms with van der Waals surface area (Å²) in [5, 5.41) is 12.6. The molecule has 2 aromatic carbocycles. The first-order chi connectivity index (χ1) is 15.2. The molecule has 0 bridgehead atoms. The van der Waals surface area contributed by atoms with E-state index in [4.69, 9.17) is 4.74 Å². The molecule has 3 aromatic rings. The van der Waals surface area contributed by atoms with Crippen molar-refractivity contribution in [1.29, 1.82) is 0 Å². The van der Waals surface area contributed by atoms with Crippen LogP contribution in [0.4, 0.5) is 0 Å². The molecule has 1 aromatic heterocycles. The van der Waals surface area contributed by atoms with Crippen LogP contribution in [-0.4, -0.2) is 40.1 Å². The van der Waals surface area contributed by atoms with E-state index in [1.807, 2.05) is 42.5 Å². The molecule has 6 nitrogen and oxygen atoms in total. The monoisotopic (exact) mass is 417 g/mol. The third-order valence-corrected chi connectivity index (χ3v) is 5.41. The van der Waals surface area contributed by atoms with E-state index in [-0.39, 0.29) is 17.9 Å². The highest BCUT2D eigenvalue weighted by Crippen LogP contribution is 2.22. The van der Waals surface area contributed by atoms with Crippen molar-refractivity contribution in [3.8, 4) is 11.6 Å². The number of rotatable bonds is 7. The van der Waals surface area contributed by atoms with Gasteiger partial charge in [0.05, 0.1) is 6.10 Å². The fourth-order valence-electron chi connectivity index (χ4n) is 3.62. The number of aliphatic hydroxyl groups excluding tert-OH is 1. The van der Waals surface area contributed by atoms with Crippen molar-refractivity contribution >= 4 is 5.91 Å². The van der Waals surface area contributed by atoms with Gasteiger partial charge in [-0.2, -0.15) is 0 Å². The van der Waals surface area contributed by atoms with Gasteiger partial charge in [-0.1, -0.05) is 42.5 Å². The topological polar surface area (TPSA) is 74.7 Å². The van der Waals surface area contributed by atoms with Crippen LogP contribution in [0.1, 0.15) is 34.3 Å². The molecule has 0 atom stereocenters. The third-order valence-electron chi connectivity index (χ3n) is 5.41. The van der Waals surface area contributed by atoms with E-state index in [1.165, 1.54) is 5.56 Å². The van der Waals surface area contributed by atoms with E-state index in [2.05, 4.69) is 27.3 Å². The maximum absolute atomic E-state index is 12.7. The van der Waals surface area contributed by atoms with E-state index >= 15 is 0 Å². The molecule has 1 aliphatic heterocycles. The second-order valence-electron chi connectivity index (χ2n) is 7.78. The molecule has 31 heavy (non-hydrogen) atoms. The standard InChI is InChI=1S/C25H27N3O3/c29-21-12-15-28(16-13-21)18-20-10-8-19(9-11-20)17-27-24(30)23-7-4-14-26-25(23)31-22-5-2-1-3-6-22/h1-11,14,21,29H,12-13,15-18H2,(H,27,30). The van der Waals surface area contributed by atoms with Crippen molar-refractivity contribution in [3.05, 3.63) is 89.6 Å². The highest BCUT2D eigenvalue weighted by atomic mass is 16.5. The number of benzene rings is 2. The first kappa shape index (κ1) is 21.0. The molecule has 160 valence electrons. The molecule has 2 heterocycles. The predicted octanol–water partition coefficient (Wildman–Crippen LogP) is 3.76. The Morgan fingerprint density at radius 2 is 1.71 bits per heavy atom. The van der Waals surface area contributed by atoms with Crippen LogP contribution in [0.3, 0.4) is 0 Å². The van der Waals surface area contributed by atoms with Crippen LogP contribution in [0, 0.1) is 0 Å². The fraction of sp³-hybridized carbons (Fsp3) is 0.280. The molecule has 2 N–H and O–H groups in total. The molecule has 0 aliphatic carbocycles. The summed E-state index contributed by atoms with van der Waals surface area (Å²) in [5.41, 5.74) is 2.66. The average Bonchev–Trinajstić information content (AvgIpc) is 2.81. The molecule has 0 unspecified atom stereocenters. The second kappa shape index (κ2) is 10.2. The Morgan fingerprint density at radius 3 is 2.45 bits per heavy atom. The number of ether oxygens (including phenoxy) is 1. The number of hydrogen-bond donors (Lipinski definition) is 2. The summed E-state index contributed by atoms with van der Waals surface area (Å²) in [6.45, 7) is 3.17. The van der Waals surface area contributed by atoms with Crippen molar-refractivity contribution in [2.24, 2.45) is 0 Å². The van der Waals surface area contributed by atoms with Crippen molar-refractivity contribution < 1.29 is 14.6 Å². The van der Waals surface area contributed by atoms with E-state index in [0.29, 0.717) is 17.9 Å². The SMILES string of the molecule is O=C(NCc1ccc(CN2CCC(O)CC2)cc1)c1cccnc1Oc1ccccc1. The number of piperidine rings is 1. The number of nitrogens with zero attached hydrogens (tertiary/aromatic N) is 2. The molecule has 1 fully saturated rings. The number of pyridine rings is 1. The third kappa shape index (κ3) is 5.90. The Morgan fingerprint density at radius 1 is 1.00 bits per heavy atom. The number of aromatic nitrogens is 1. The first-order valence-electron chi connectivity index (χ1n) is 10.6. The maximum Gasteiger partial charge on any atom is 0.257 e. The minimum absolute atomic E-state index is 0.152. The molecule has 6 heteroatoms. The van der Waals surface area contributed by atoms with E-state index < -0.39 is 0 Å². The number of carbonyl (C=O) groups excluding carboxylic acids is 1. The Bertz CT molecular complexity index is 984. The van der Waals surface area contributed by atoms with Gasteiger partial charge in [-0.15, -0.1) is 0 Å². The number of carbonyl (C=O) groups is 1. The lowest BCUT2D eigenvalue weighted by Gasteiger charge is -2.29. The number of aliphatic hydroxyl groups is 1. The molecule has 0 spiro atoms. The minimum atomic E-state index is -0.227. The van der Waals surface area contributed by atoms with E-state index in [0.717, 1.165) is 38.0 Å². The number of para-hydroxylation sites is 1. The number of likely N-dealkylation sites (tertiary alicyclic amines) is 1. The van der Waals surface area contributed by atoms with Crippen LogP contribution in [0.15, 0.2) is 72.9 Å². The van der Waals surface area contributed by atoms with Crippen molar-refractivity contribution in [3.63, 3.8) is 0 Å². The van der Waals surface area contributed by atoms with Crippen LogP contribution in [-0.2, 0) is 13.1 Å². The largest absolute Gasteiger partial charge is 0.438 e. The molecular formula is C25H27N3O3. The van der Waals surface area contributed by atoms with E-state index in [1.54, 1.807) is 18.3 Å². The molecule has 1 amide bonds. The van der Waals surface area contributed by atoms with Gasteiger partial charge < -0.3 is 15.2 Å². The average molecular weight is 418 g/mol. The fourth-order valence-corrected chi connectivity index (χ4v) is 3.62. The van der Waals surface area contributed by atoms with Gasteiger partial charge in [-0.3, -0.25) is 9.69 Å². The van der Waals surface area contributed by atoms with Gasteiger partial charge in [0.2, 0.25) is 5.88 Å². The molecule has 0 saturated carbocycles. The highest BCUT2D eigenvalue weighted by molar-refractivity contribution is 5.96. The van der Waals surface area contributed by atoms with Gasteiger partial charge in [0.15, 0.2) is 0 Å². The van der Waals surface area contributed by atoms with Crippen LogP contribution in [0.25, 0.3) is 0 Å². The first-order valence-corrected chi connectivity index (χ1v) is 10.6. The van der Waals surface area contributed by atoms with Crippen LogP contribution < -0.4 is 10.1 Å². The summed E-state index contributed by atoms with van der Waals surface area (Å²) in [6.07, 6.45) is 3.14. The molecule has 1 aliphatic rings. The Kier molecular flexibility index (Phi) is 6.92. The lowest BCUT2D eigenvalue weighted by atomic mass is 10.1. The summed E-state index contributed by atoms with van der Waals surface area (Å²) in [4.78, 5) is 19.3. The second-order valence-corrected chi connectivity index (χ2v) is 7.78. The maximum atomic E-state index is 12.7. The van der Waals surface area contributed by atoms with Gasteiger partial charge in [-0.05, 0) is 48.2 Å². The Labute approximate surface area is 182 Å². The zero-order valence-electron chi connectivity index (χ0n) is 17.4. The number of nitrogens with one attached hydrogen (secondary N) is 1. The minimum Gasteiger partial charge on any atom is -0.438 e. The van der Waals surface area contributed by atoms with Crippen molar-refractivity contribution in [1.82, 2.24) is 15.2 Å². The normalized spacial score (nSPS) is 14.9. The summed E-state index contributed by atoms with van der Waals surface area (Å²) >= 11 is 0. The molecule has 1 saturated heterocycles. The smallest absolute Gasteiger partial charge is 0.257 e.